The largest absolute Gasteiger partial charge is 1.00 e. The van der Waals surface area contributed by atoms with E-state index in [2.05, 4.69) is 97.1 Å². The summed E-state index contributed by atoms with van der Waals surface area (Å²) in [5, 5.41) is 18.8. The molecule has 0 amide bonds. The van der Waals surface area contributed by atoms with E-state index in [0.717, 1.165) is 60.2 Å². The van der Waals surface area contributed by atoms with Crippen molar-refractivity contribution < 1.29 is 86.6 Å². The molecule has 2 aromatic rings. The molecular formula is C32H54Br2Li2N3O2+. The second kappa shape index (κ2) is 25.0. The van der Waals surface area contributed by atoms with Gasteiger partial charge in [-0.2, -0.15) is 0 Å². The summed E-state index contributed by atoms with van der Waals surface area (Å²) in [5.74, 6) is 0. The molecule has 0 fully saturated rings. The van der Waals surface area contributed by atoms with Crippen molar-refractivity contribution in [3.8, 4) is 0 Å². The molecule has 5 nitrogen and oxygen atoms in total. The molecule has 0 atom stereocenters. The van der Waals surface area contributed by atoms with Crippen LogP contribution in [0.5, 0.6) is 0 Å². The van der Waals surface area contributed by atoms with Crippen LogP contribution in [-0.4, -0.2) is 37.9 Å². The molecule has 41 heavy (non-hydrogen) atoms. The minimum absolute atomic E-state index is 0. The number of benzene rings is 2. The fourth-order valence-electron chi connectivity index (χ4n) is 3.33. The maximum Gasteiger partial charge on any atom is 1.00 e. The van der Waals surface area contributed by atoms with Crippen LogP contribution < -0.4 is 82.4 Å². The number of anilines is 2. The van der Waals surface area contributed by atoms with Gasteiger partial charge in [-0.15, -0.1) is 0 Å². The number of ether oxygens (including phenoxy) is 2. The van der Waals surface area contributed by atoms with Crippen LogP contribution in [0.15, 0.2) is 36.4 Å². The number of hydrogen-bond acceptors (Lipinski definition) is 4. The van der Waals surface area contributed by atoms with Crippen molar-refractivity contribution in [3.05, 3.63) is 58.7 Å². The van der Waals surface area contributed by atoms with Gasteiger partial charge in [0, 0.05) is 54.2 Å². The maximum atomic E-state index is 8.69. The fourth-order valence-corrected chi connectivity index (χ4v) is 3.33. The SMILES string of the molecule is CCOCC.CCOCC.Cc1ccc(Nc2ccc(C)cc2C(=[NH2+])C(C)(C)C)c(C(=N)C(C)(C)C)c1.[Br-].[Br-].[Li+].[Li+]. The molecule has 0 saturated carbocycles. The van der Waals surface area contributed by atoms with Gasteiger partial charge in [-0.3, -0.25) is 5.41 Å². The summed E-state index contributed by atoms with van der Waals surface area (Å²) in [6.07, 6.45) is 0. The molecule has 0 radical (unpaired) electrons. The van der Waals surface area contributed by atoms with Crippen LogP contribution in [0.1, 0.15) is 91.5 Å². The summed E-state index contributed by atoms with van der Waals surface area (Å²) in [4.78, 5) is 0. The number of halogens is 2. The van der Waals surface area contributed by atoms with Gasteiger partial charge in [0.1, 0.15) is 0 Å². The van der Waals surface area contributed by atoms with Crippen molar-refractivity contribution in [2.75, 3.05) is 31.7 Å². The summed E-state index contributed by atoms with van der Waals surface area (Å²) >= 11 is 0. The molecule has 0 unspecified atom stereocenters. The first-order valence-corrected chi connectivity index (χ1v) is 13.5. The number of rotatable bonds is 8. The quantitative estimate of drug-likeness (QED) is 0.193. The van der Waals surface area contributed by atoms with E-state index in [-0.39, 0.29) is 82.5 Å². The van der Waals surface area contributed by atoms with Gasteiger partial charge in [0.15, 0.2) is 5.71 Å². The summed E-state index contributed by atoms with van der Waals surface area (Å²) in [6.45, 7) is 28.1. The zero-order chi connectivity index (χ0) is 28.8. The van der Waals surface area contributed by atoms with E-state index in [1.165, 1.54) is 5.56 Å². The molecule has 0 aromatic heterocycles. The summed E-state index contributed by atoms with van der Waals surface area (Å²) < 4.78 is 9.67. The van der Waals surface area contributed by atoms with Crippen molar-refractivity contribution >= 4 is 22.8 Å². The topological polar surface area (TPSA) is 79.9 Å². The van der Waals surface area contributed by atoms with Crippen LogP contribution in [0.4, 0.5) is 11.4 Å². The van der Waals surface area contributed by atoms with Crippen LogP contribution in [-0.2, 0) is 9.47 Å². The molecular weight excluding hydrogens is 632 g/mol. The van der Waals surface area contributed by atoms with E-state index in [1.807, 2.05) is 27.7 Å². The smallest absolute Gasteiger partial charge is 1.00 e. The molecule has 4 N–H and O–H groups in total. The van der Waals surface area contributed by atoms with Gasteiger partial charge in [-0.25, -0.2) is 0 Å². The molecule has 0 aliphatic heterocycles. The first kappa shape index (κ1) is 50.3. The van der Waals surface area contributed by atoms with E-state index < -0.39 is 0 Å². The van der Waals surface area contributed by atoms with E-state index in [4.69, 9.17) is 20.3 Å². The van der Waals surface area contributed by atoms with Crippen LogP contribution in [0, 0.1) is 30.1 Å². The monoisotopic (exact) mass is 684 g/mol. The van der Waals surface area contributed by atoms with Gasteiger partial charge in [0.25, 0.3) is 0 Å². The minimum Gasteiger partial charge on any atom is -1.00 e. The van der Waals surface area contributed by atoms with E-state index >= 15 is 0 Å². The predicted molar refractivity (Wildman–Crippen MR) is 162 cm³/mol. The van der Waals surface area contributed by atoms with Gasteiger partial charge in [-0.1, -0.05) is 64.8 Å². The Balaban J connectivity index is -0.000000267. The Morgan fingerprint density at radius 1 is 0.683 bits per heavy atom. The van der Waals surface area contributed by atoms with Crippen LogP contribution >= 0.6 is 0 Å². The average molecular weight is 686 g/mol. The minimum atomic E-state index is -0.225. The Morgan fingerprint density at radius 2 is 1.02 bits per heavy atom. The van der Waals surface area contributed by atoms with E-state index in [9.17, 15) is 0 Å². The normalized spacial score (nSPS) is 9.95. The van der Waals surface area contributed by atoms with Crippen LogP contribution in [0.3, 0.4) is 0 Å². The van der Waals surface area contributed by atoms with Crippen LogP contribution in [0.25, 0.3) is 0 Å². The predicted octanol–water partition coefficient (Wildman–Crippen LogP) is -4.84. The molecule has 0 spiro atoms. The van der Waals surface area contributed by atoms with Gasteiger partial charge >= 0.3 is 37.7 Å². The molecule has 0 saturated heterocycles. The van der Waals surface area contributed by atoms with E-state index in [1.54, 1.807) is 0 Å². The van der Waals surface area contributed by atoms with Crippen molar-refractivity contribution in [1.29, 1.82) is 5.41 Å². The molecule has 0 heterocycles. The zero-order valence-electron chi connectivity index (χ0n) is 28.4. The number of hydrogen-bond donors (Lipinski definition) is 3. The van der Waals surface area contributed by atoms with Gasteiger partial charge < -0.3 is 54.2 Å². The Bertz CT molecular complexity index is 922. The number of nitrogens with one attached hydrogen (secondary N) is 2. The first-order valence-electron chi connectivity index (χ1n) is 13.5. The van der Waals surface area contributed by atoms with Crippen molar-refractivity contribution in [2.24, 2.45) is 10.8 Å². The van der Waals surface area contributed by atoms with E-state index in [0.29, 0.717) is 5.71 Å². The first-order chi connectivity index (χ1) is 17.1. The summed E-state index contributed by atoms with van der Waals surface area (Å²) in [5.41, 5.74) is 7.31. The number of nitrogens with two attached hydrogens (primary N) is 1. The fraction of sp³-hybridized carbons (Fsp3) is 0.562. The molecule has 0 bridgehead atoms. The molecule has 2 rings (SSSR count). The Labute approximate surface area is 297 Å². The summed E-state index contributed by atoms with van der Waals surface area (Å²) in [7, 11) is 0. The van der Waals surface area contributed by atoms with Crippen molar-refractivity contribution in [3.63, 3.8) is 0 Å². The molecule has 0 aliphatic rings. The van der Waals surface area contributed by atoms with Gasteiger partial charge in [-0.05, 0) is 65.8 Å². The average Bonchev–Trinajstić information content (AvgIpc) is 2.81. The molecule has 9 heteroatoms. The second-order valence-corrected chi connectivity index (χ2v) is 11.1. The third kappa shape index (κ3) is 19.5. The van der Waals surface area contributed by atoms with Gasteiger partial charge in [0.2, 0.25) is 0 Å². The third-order valence-corrected chi connectivity index (χ3v) is 5.55. The maximum absolute atomic E-state index is 8.69. The zero-order valence-corrected chi connectivity index (χ0v) is 31.6. The van der Waals surface area contributed by atoms with Crippen molar-refractivity contribution in [1.82, 2.24) is 0 Å². The number of aryl methyl sites for hydroxylation is 2. The van der Waals surface area contributed by atoms with Crippen molar-refractivity contribution in [2.45, 2.75) is 83.1 Å². The van der Waals surface area contributed by atoms with Gasteiger partial charge in [0.05, 0.1) is 11.3 Å². The molecule has 2 aromatic carbocycles. The summed E-state index contributed by atoms with van der Waals surface area (Å²) in [6, 6.07) is 12.5. The second-order valence-electron chi connectivity index (χ2n) is 11.1. The third-order valence-electron chi connectivity index (χ3n) is 5.55. The molecule has 224 valence electrons. The Morgan fingerprint density at radius 3 is 1.32 bits per heavy atom. The molecule has 0 aliphatic carbocycles. The standard InChI is InChI=1S/C24H33N3.2C4H10O.2BrH.2Li/c1-15-9-11-19(17(13-15)21(25)23(3,4)5)27-20-12-10-16(2)14-18(20)22(26)24(6,7)8;2*1-3-5-4-2;;;;/h9-14,25-27H,1-8H3;2*3-4H2,1-2H3;2*1H;;/q;;;;;2*+1/p-1. The Kier molecular flexibility index (Phi) is 30.7. The Hall–Kier alpha value is -0.345. The van der Waals surface area contributed by atoms with Crippen LogP contribution in [0.2, 0.25) is 0 Å².